The van der Waals surface area contributed by atoms with E-state index in [2.05, 4.69) is 35.9 Å². The maximum Gasteiger partial charge on any atom is 0.159 e. The van der Waals surface area contributed by atoms with Crippen molar-refractivity contribution in [2.45, 2.75) is 123 Å². The molecule has 0 amide bonds. The molecule has 0 bridgehead atoms. The van der Waals surface area contributed by atoms with E-state index in [1.54, 1.807) is 0 Å². The van der Waals surface area contributed by atoms with Gasteiger partial charge >= 0.3 is 0 Å². The van der Waals surface area contributed by atoms with Crippen LogP contribution in [0.2, 0.25) is 0 Å². The van der Waals surface area contributed by atoms with Crippen molar-refractivity contribution >= 4 is 0 Å². The van der Waals surface area contributed by atoms with E-state index in [9.17, 15) is 0 Å². The van der Waals surface area contributed by atoms with Crippen LogP contribution in [0, 0.1) is 11.8 Å². The van der Waals surface area contributed by atoms with Gasteiger partial charge in [-0.15, -0.1) is 0 Å². The summed E-state index contributed by atoms with van der Waals surface area (Å²) in [5, 5.41) is 0. The highest BCUT2D eigenvalue weighted by atomic mass is 16.5. The minimum Gasteiger partial charge on any atom is -0.494 e. The van der Waals surface area contributed by atoms with Crippen LogP contribution in [0.4, 0.5) is 0 Å². The molecule has 194 valence electrons. The Labute approximate surface area is 215 Å². The summed E-state index contributed by atoms with van der Waals surface area (Å²) in [6.45, 7) is 5.37. The third-order valence-corrected chi connectivity index (χ3v) is 7.86. The molecule has 35 heavy (non-hydrogen) atoms. The Bertz CT molecular complexity index is 778. The van der Waals surface area contributed by atoms with Crippen molar-refractivity contribution in [2.75, 3.05) is 6.61 Å². The molecule has 1 aromatic carbocycles. The summed E-state index contributed by atoms with van der Waals surface area (Å²) in [6, 6.07) is 8.25. The Hall–Kier alpha value is -1.90. The van der Waals surface area contributed by atoms with Crippen LogP contribution in [0.15, 0.2) is 36.7 Å². The zero-order valence-electron chi connectivity index (χ0n) is 22.6. The van der Waals surface area contributed by atoms with E-state index in [1.165, 1.54) is 102 Å². The fourth-order valence-corrected chi connectivity index (χ4v) is 5.45. The predicted octanol–water partition coefficient (Wildman–Crippen LogP) is 9.59. The van der Waals surface area contributed by atoms with Crippen LogP contribution in [-0.2, 0) is 6.42 Å². The van der Waals surface area contributed by atoms with E-state index in [0.717, 1.165) is 48.4 Å². The molecule has 0 spiro atoms. The van der Waals surface area contributed by atoms with Crippen LogP contribution in [0.1, 0.15) is 122 Å². The van der Waals surface area contributed by atoms with Crippen molar-refractivity contribution in [3.63, 3.8) is 0 Å². The molecule has 1 aliphatic rings. The van der Waals surface area contributed by atoms with Gasteiger partial charge in [0.1, 0.15) is 5.75 Å². The molecule has 3 rings (SSSR count). The highest BCUT2D eigenvalue weighted by molar-refractivity contribution is 5.55. The molecule has 1 aromatic heterocycles. The summed E-state index contributed by atoms with van der Waals surface area (Å²) in [5.41, 5.74) is 2.33. The summed E-state index contributed by atoms with van der Waals surface area (Å²) in [6.07, 6.45) is 27.0. The maximum absolute atomic E-state index is 5.92. The molecule has 3 heteroatoms. The van der Waals surface area contributed by atoms with Gasteiger partial charge in [0.15, 0.2) is 5.82 Å². The largest absolute Gasteiger partial charge is 0.494 e. The molecule has 3 nitrogen and oxygen atoms in total. The van der Waals surface area contributed by atoms with Crippen molar-refractivity contribution in [1.82, 2.24) is 9.97 Å². The SMILES string of the molecule is CCCCCCCCCOc1ccc(-c2ncc(CC[C@H]3CC[C@H](CCCCC)CC3)cn2)cc1. The van der Waals surface area contributed by atoms with Crippen LogP contribution in [0.3, 0.4) is 0 Å². The molecule has 0 atom stereocenters. The minimum atomic E-state index is 0.804. The van der Waals surface area contributed by atoms with Crippen molar-refractivity contribution in [3.8, 4) is 17.1 Å². The van der Waals surface area contributed by atoms with Gasteiger partial charge in [-0.3, -0.25) is 0 Å². The quantitative estimate of drug-likeness (QED) is 0.212. The number of unbranched alkanes of at least 4 members (excludes halogenated alkanes) is 8. The third kappa shape index (κ3) is 10.7. The highest BCUT2D eigenvalue weighted by Gasteiger charge is 2.20. The second-order valence-electron chi connectivity index (χ2n) is 10.8. The highest BCUT2D eigenvalue weighted by Crippen LogP contribution is 2.34. The van der Waals surface area contributed by atoms with Gasteiger partial charge in [-0.05, 0) is 60.9 Å². The first kappa shape index (κ1) is 27.7. The summed E-state index contributed by atoms with van der Waals surface area (Å²) in [5.74, 6) is 3.64. The molecule has 1 aliphatic carbocycles. The number of ether oxygens (including phenoxy) is 1. The first-order chi connectivity index (χ1) is 17.3. The molecule has 0 radical (unpaired) electrons. The Morgan fingerprint density at radius 3 is 1.91 bits per heavy atom. The second-order valence-corrected chi connectivity index (χ2v) is 10.8. The van der Waals surface area contributed by atoms with Gasteiger partial charge in [-0.25, -0.2) is 9.97 Å². The minimum absolute atomic E-state index is 0.804. The fourth-order valence-electron chi connectivity index (χ4n) is 5.45. The number of nitrogens with zero attached hydrogens (tertiary/aromatic N) is 2. The lowest BCUT2D eigenvalue weighted by atomic mass is 9.78. The summed E-state index contributed by atoms with van der Waals surface area (Å²) in [4.78, 5) is 9.32. The fraction of sp³-hybridized carbons (Fsp3) is 0.688. The molecule has 1 saturated carbocycles. The van der Waals surface area contributed by atoms with E-state index in [0.29, 0.717) is 0 Å². The lowest BCUT2D eigenvalue weighted by Crippen LogP contribution is -2.15. The van der Waals surface area contributed by atoms with Crippen molar-refractivity contribution in [1.29, 1.82) is 0 Å². The van der Waals surface area contributed by atoms with E-state index < -0.39 is 0 Å². The normalized spacial score (nSPS) is 18.0. The molecule has 1 heterocycles. The van der Waals surface area contributed by atoms with E-state index in [-0.39, 0.29) is 0 Å². The number of benzene rings is 1. The van der Waals surface area contributed by atoms with Gasteiger partial charge in [0, 0.05) is 18.0 Å². The van der Waals surface area contributed by atoms with Crippen molar-refractivity contribution in [2.24, 2.45) is 11.8 Å². The van der Waals surface area contributed by atoms with Crippen LogP contribution in [0.5, 0.6) is 5.75 Å². The third-order valence-electron chi connectivity index (χ3n) is 7.86. The number of aryl methyl sites for hydroxylation is 1. The Kier molecular flexibility index (Phi) is 13.2. The topological polar surface area (TPSA) is 35.0 Å². The van der Waals surface area contributed by atoms with Crippen LogP contribution in [0.25, 0.3) is 11.4 Å². The van der Waals surface area contributed by atoms with Gasteiger partial charge in [0.2, 0.25) is 0 Å². The smallest absolute Gasteiger partial charge is 0.159 e. The lowest BCUT2D eigenvalue weighted by molar-refractivity contribution is 0.249. The summed E-state index contributed by atoms with van der Waals surface area (Å²) in [7, 11) is 0. The van der Waals surface area contributed by atoms with Gasteiger partial charge in [-0.1, -0.05) is 104 Å². The predicted molar refractivity (Wildman–Crippen MR) is 149 cm³/mol. The van der Waals surface area contributed by atoms with E-state index in [4.69, 9.17) is 4.74 Å². The number of hydrogen-bond donors (Lipinski definition) is 0. The number of aromatic nitrogens is 2. The molecular formula is C32H50N2O. The van der Waals surface area contributed by atoms with Crippen LogP contribution < -0.4 is 4.74 Å². The van der Waals surface area contributed by atoms with Crippen LogP contribution >= 0.6 is 0 Å². The molecule has 0 aliphatic heterocycles. The van der Waals surface area contributed by atoms with Crippen molar-refractivity contribution in [3.05, 3.63) is 42.2 Å². The zero-order valence-corrected chi connectivity index (χ0v) is 22.6. The molecular weight excluding hydrogens is 428 g/mol. The lowest BCUT2D eigenvalue weighted by Gasteiger charge is -2.28. The average molecular weight is 479 g/mol. The van der Waals surface area contributed by atoms with Crippen LogP contribution in [-0.4, -0.2) is 16.6 Å². The van der Waals surface area contributed by atoms with Gasteiger partial charge in [0.25, 0.3) is 0 Å². The first-order valence-corrected chi connectivity index (χ1v) is 14.8. The summed E-state index contributed by atoms with van der Waals surface area (Å²) >= 11 is 0. The Morgan fingerprint density at radius 2 is 1.26 bits per heavy atom. The monoisotopic (exact) mass is 478 g/mol. The number of hydrogen-bond acceptors (Lipinski definition) is 3. The summed E-state index contributed by atoms with van der Waals surface area (Å²) < 4.78 is 5.92. The van der Waals surface area contributed by atoms with Gasteiger partial charge in [-0.2, -0.15) is 0 Å². The molecule has 1 fully saturated rings. The zero-order chi connectivity index (χ0) is 24.6. The Balaban J connectivity index is 1.32. The van der Waals surface area contributed by atoms with Gasteiger partial charge < -0.3 is 4.74 Å². The number of rotatable bonds is 17. The Morgan fingerprint density at radius 1 is 0.686 bits per heavy atom. The molecule has 0 N–H and O–H groups in total. The standard InChI is InChI=1S/C32H50N2O/c1-3-5-7-8-9-10-12-24-35-31-22-20-30(21-23-31)32-33-25-29(26-34-32)19-18-28-16-14-27(15-17-28)13-11-6-4-2/h20-23,25-28H,3-19,24H2,1-2H3/t27-,28-. The second kappa shape index (κ2) is 16.7. The van der Waals surface area contributed by atoms with Gasteiger partial charge in [0.05, 0.1) is 6.61 Å². The van der Waals surface area contributed by atoms with Crippen molar-refractivity contribution < 1.29 is 4.74 Å². The molecule has 0 unspecified atom stereocenters. The van der Waals surface area contributed by atoms with E-state index >= 15 is 0 Å². The molecule has 2 aromatic rings. The van der Waals surface area contributed by atoms with E-state index in [1.807, 2.05) is 24.5 Å². The maximum atomic E-state index is 5.92. The molecule has 0 saturated heterocycles. The first-order valence-electron chi connectivity index (χ1n) is 14.8. The average Bonchev–Trinajstić information content (AvgIpc) is 2.90.